The van der Waals surface area contributed by atoms with Crippen LogP contribution in [0.3, 0.4) is 0 Å². The third-order valence-electron chi connectivity index (χ3n) is 6.00. The maximum atomic E-state index is 12.6. The van der Waals surface area contributed by atoms with Gasteiger partial charge in [-0.05, 0) is 0 Å². The highest BCUT2D eigenvalue weighted by atomic mass is 16.2. The summed E-state index contributed by atoms with van der Waals surface area (Å²) in [5.41, 5.74) is 0. The van der Waals surface area contributed by atoms with Crippen molar-refractivity contribution >= 4 is 36.4 Å². The lowest BCUT2D eigenvalue weighted by Crippen LogP contribution is -2.75. The summed E-state index contributed by atoms with van der Waals surface area (Å²) in [4.78, 5) is 82.1. The third-order valence-corrected chi connectivity index (χ3v) is 6.00. The topological polar surface area (TPSA) is 122 Å². The normalized spacial score (nSPS) is 34.9. The van der Waals surface area contributed by atoms with Gasteiger partial charge in [0.15, 0.2) is 24.7 Å². The zero-order valence-corrected chi connectivity index (χ0v) is 15.8. The van der Waals surface area contributed by atoms with E-state index in [1.807, 2.05) is 0 Å². The van der Waals surface area contributed by atoms with Crippen LogP contribution in [0.5, 0.6) is 0 Å². The maximum Gasteiger partial charge on any atom is 0.222 e. The highest BCUT2D eigenvalue weighted by Crippen LogP contribution is 2.50. The Hall–Kier alpha value is -3.18. The van der Waals surface area contributed by atoms with Gasteiger partial charge in [-0.15, -0.1) is 0 Å². The number of carbonyl (C=O) groups is 6. The van der Waals surface area contributed by atoms with Gasteiger partial charge in [0.25, 0.3) is 0 Å². The lowest BCUT2D eigenvalue weighted by Gasteiger charge is -2.52. The van der Waals surface area contributed by atoms with Crippen LogP contribution in [-0.2, 0) is 28.8 Å². The van der Waals surface area contributed by atoms with Crippen molar-refractivity contribution in [1.82, 2.24) is 29.4 Å². The minimum atomic E-state index is -1.01. The van der Waals surface area contributed by atoms with E-state index < -0.39 is 60.6 Å². The first-order chi connectivity index (χ1) is 13.2. The Morgan fingerprint density at radius 3 is 0.964 bits per heavy atom. The molecular formula is C16H20N6O6. The summed E-state index contributed by atoms with van der Waals surface area (Å²) in [5.74, 6) is -1.78. The van der Waals surface area contributed by atoms with Crippen molar-refractivity contribution in [2.24, 2.45) is 0 Å². The van der Waals surface area contributed by atoms with Crippen molar-refractivity contribution in [1.29, 1.82) is 0 Å². The molecular weight excluding hydrogens is 372 g/mol. The number of piperazine rings is 1. The quantitative estimate of drug-likeness (QED) is 0.472. The number of hydrogen-bond donors (Lipinski definition) is 0. The molecule has 5 aliphatic heterocycles. The number of hydrogen-bond acceptors (Lipinski definition) is 6. The summed E-state index contributed by atoms with van der Waals surface area (Å²) < 4.78 is 0. The van der Waals surface area contributed by atoms with Crippen LogP contribution in [0.1, 0.15) is 27.7 Å². The first-order valence-corrected chi connectivity index (χ1v) is 8.80. The molecule has 6 amide bonds. The molecule has 5 fully saturated rings. The smallest absolute Gasteiger partial charge is 0.222 e. The number of nitrogens with zero attached hydrogens (tertiary/aromatic N) is 6. The van der Waals surface area contributed by atoms with Crippen molar-refractivity contribution in [2.45, 2.75) is 64.7 Å². The molecule has 5 aliphatic rings. The van der Waals surface area contributed by atoms with E-state index in [-0.39, 0.29) is 0 Å². The fourth-order valence-electron chi connectivity index (χ4n) is 5.29. The van der Waals surface area contributed by atoms with Gasteiger partial charge in [-0.2, -0.15) is 0 Å². The number of rotatable bonds is 2. The van der Waals surface area contributed by atoms with Gasteiger partial charge in [-0.25, -0.2) is 0 Å². The number of amides is 6. The van der Waals surface area contributed by atoms with Crippen molar-refractivity contribution in [2.75, 3.05) is 0 Å². The van der Waals surface area contributed by atoms with E-state index in [4.69, 9.17) is 0 Å². The second-order valence-corrected chi connectivity index (χ2v) is 7.29. The first kappa shape index (κ1) is 18.2. The van der Waals surface area contributed by atoms with Gasteiger partial charge in [0.2, 0.25) is 36.4 Å². The molecule has 150 valence electrons. The Labute approximate surface area is 160 Å². The standard InChI is InChI=1S/C16H20N6O6/c1-7(25)19-11-12-18(6-24)13(19)15-21(9(3)27)14(17(11)5-23)16(20(12)8(2)26)22(15)10(4)28/h5-6,11-16H,1-4H3. The molecule has 0 radical (unpaired) electrons. The fraction of sp³-hybridized carbons (Fsp3) is 0.625. The zero-order valence-electron chi connectivity index (χ0n) is 15.8. The summed E-state index contributed by atoms with van der Waals surface area (Å²) in [6.45, 7) is 5.13. The van der Waals surface area contributed by atoms with Crippen LogP contribution < -0.4 is 0 Å². The van der Waals surface area contributed by atoms with Gasteiger partial charge in [0.05, 0.1) is 0 Å². The van der Waals surface area contributed by atoms with Crippen LogP contribution in [-0.4, -0.2) is 103 Å². The molecule has 28 heavy (non-hydrogen) atoms. The summed E-state index contributed by atoms with van der Waals surface area (Å²) in [7, 11) is 0. The van der Waals surface area contributed by atoms with Crippen LogP contribution in [0.15, 0.2) is 0 Å². The largest absolute Gasteiger partial charge is 0.296 e. The lowest BCUT2D eigenvalue weighted by molar-refractivity contribution is -0.182. The van der Waals surface area contributed by atoms with Crippen molar-refractivity contribution < 1.29 is 28.8 Å². The molecule has 0 aromatic carbocycles. The molecule has 6 atom stereocenters. The predicted molar refractivity (Wildman–Crippen MR) is 88.6 cm³/mol. The Morgan fingerprint density at radius 2 is 0.714 bits per heavy atom. The lowest BCUT2D eigenvalue weighted by atomic mass is 10.1. The second kappa shape index (κ2) is 5.66. The fourth-order valence-corrected chi connectivity index (χ4v) is 5.29. The van der Waals surface area contributed by atoms with E-state index in [0.717, 1.165) is 0 Å². The SMILES string of the molecule is CC(=O)N1C2C3N(C=O)C1C1N(C(C)=O)C(C(N3C(C)=O)N1C(C)=O)N2C=O. The van der Waals surface area contributed by atoms with Crippen molar-refractivity contribution in [3.05, 3.63) is 0 Å². The molecule has 12 nitrogen and oxygen atoms in total. The van der Waals surface area contributed by atoms with E-state index in [0.29, 0.717) is 12.8 Å². The monoisotopic (exact) mass is 392 g/mol. The Balaban J connectivity index is 2.08. The van der Waals surface area contributed by atoms with Crippen LogP contribution in [0.2, 0.25) is 0 Å². The van der Waals surface area contributed by atoms with Crippen LogP contribution >= 0.6 is 0 Å². The Kier molecular flexibility index (Phi) is 3.68. The molecule has 5 rings (SSSR count). The summed E-state index contributed by atoms with van der Waals surface area (Å²) in [6, 6.07) is 0. The Bertz CT molecular complexity index is 817. The van der Waals surface area contributed by atoms with Crippen LogP contribution in [0.25, 0.3) is 0 Å². The van der Waals surface area contributed by atoms with Gasteiger partial charge in [0, 0.05) is 27.7 Å². The van der Waals surface area contributed by atoms with Crippen LogP contribution in [0, 0.1) is 0 Å². The zero-order chi connectivity index (χ0) is 20.7. The molecule has 6 bridgehead atoms. The van der Waals surface area contributed by atoms with E-state index in [1.165, 1.54) is 57.1 Å². The van der Waals surface area contributed by atoms with Gasteiger partial charge in [0.1, 0.15) is 12.3 Å². The highest BCUT2D eigenvalue weighted by molar-refractivity contribution is 5.85. The minimum absolute atomic E-state index is 0.441. The molecule has 12 heteroatoms. The van der Waals surface area contributed by atoms with Gasteiger partial charge < -0.3 is 0 Å². The Morgan fingerprint density at radius 1 is 0.500 bits per heavy atom. The molecule has 0 aromatic rings. The van der Waals surface area contributed by atoms with E-state index >= 15 is 0 Å². The highest BCUT2D eigenvalue weighted by Gasteiger charge is 2.74. The van der Waals surface area contributed by atoms with E-state index in [9.17, 15) is 28.8 Å². The van der Waals surface area contributed by atoms with Gasteiger partial charge in [-0.3, -0.25) is 58.2 Å². The van der Waals surface area contributed by atoms with Crippen molar-refractivity contribution in [3.8, 4) is 0 Å². The summed E-state index contributed by atoms with van der Waals surface area (Å²) in [6.07, 6.45) is -4.84. The van der Waals surface area contributed by atoms with E-state index in [1.54, 1.807) is 0 Å². The second-order valence-electron chi connectivity index (χ2n) is 7.29. The molecule has 5 saturated heterocycles. The van der Waals surface area contributed by atoms with Gasteiger partial charge >= 0.3 is 0 Å². The third kappa shape index (κ3) is 1.84. The molecule has 0 spiro atoms. The molecule has 0 aromatic heterocycles. The minimum Gasteiger partial charge on any atom is -0.296 e. The molecule has 6 unspecified atom stereocenters. The average Bonchev–Trinajstić information content (AvgIpc) is 3.04. The summed E-state index contributed by atoms with van der Waals surface area (Å²) in [5, 5.41) is 0. The molecule has 0 saturated carbocycles. The molecule has 0 aliphatic carbocycles. The van der Waals surface area contributed by atoms with Gasteiger partial charge in [-0.1, -0.05) is 0 Å². The molecule has 0 N–H and O–H groups in total. The molecule has 5 heterocycles. The van der Waals surface area contributed by atoms with Crippen molar-refractivity contribution in [3.63, 3.8) is 0 Å². The summed E-state index contributed by atoms with van der Waals surface area (Å²) >= 11 is 0. The maximum absolute atomic E-state index is 12.6. The first-order valence-electron chi connectivity index (χ1n) is 8.80. The van der Waals surface area contributed by atoms with Crippen LogP contribution in [0.4, 0.5) is 0 Å². The predicted octanol–water partition coefficient (Wildman–Crippen LogP) is -2.69. The number of carbonyl (C=O) groups excluding carboxylic acids is 6. The average molecular weight is 392 g/mol. The van der Waals surface area contributed by atoms with E-state index in [2.05, 4.69) is 0 Å².